The summed E-state index contributed by atoms with van der Waals surface area (Å²) >= 11 is 0. The highest BCUT2D eigenvalue weighted by molar-refractivity contribution is 6.11. The summed E-state index contributed by atoms with van der Waals surface area (Å²) in [5.74, 6) is -5.40. The molecule has 0 bridgehead atoms. The SMILES string of the molecule is COC(=O)[C@](N)(C(=O)C(CC(=O)NOC(C)(C)C)CC(C)C)C(C)C.COC(=O)[C@](N)(C(=O)C(CC(=O)OC(C)(C)C)CC(C)C)C(C)C. The number of Topliss-reactive ketones (excluding diaryl/α,β-unsaturated/α-hetero) is 2. The standard InChI is InChI=1S/C18H34N2O5.C18H33NO5/c1-11(2)9-13(10-14(21)20-25-17(5,6)7)15(22)18(19,12(3)4)16(23)24-8;1-11(2)9-13(10-14(20)24-17(5,6)7)15(21)18(19,12(3)4)16(22)23-8/h11-13H,9-10,19H2,1-8H3,(H,20,21);11-13H,9-10,19H2,1-8H3/t2*13?,18-/m11/s1. The van der Waals surface area contributed by atoms with Crippen molar-refractivity contribution in [2.45, 2.75) is 145 Å². The topological polar surface area (TPSA) is 203 Å². The summed E-state index contributed by atoms with van der Waals surface area (Å²) in [7, 11) is 2.39. The van der Waals surface area contributed by atoms with E-state index >= 15 is 0 Å². The number of ketones is 2. The molecule has 0 fully saturated rings. The zero-order valence-corrected chi connectivity index (χ0v) is 33.0. The van der Waals surface area contributed by atoms with E-state index in [0.717, 1.165) is 0 Å². The molecule has 0 aromatic rings. The Kier molecular flexibility index (Phi) is 19.8. The van der Waals surface area contributed by atoms with E-state index < -0.39 is 81.3 Å². The predicted octanol–water partition coefficient (Wildman–Crippen LogP) is 4.46. The van der Waals surface area contributed by atoms with E-state index in [4.69, 9.17) is 30.5 Å². The van der Waals surface area contributed by atoms with Crippen molar-refractivity contribution in [2.75, 3.05) is 14.2 Å². The number of hydrogen-bond donors (Lipinski definition) is 3. The Hall–Kier alpha value is -2.90. The molecule has 5 N–H and O–H groups in total. The lowest BCUT2D eigenvalue weighted by molar-refractivity contribution is -0.161. The van der Waals surface area contributed by atoms with Gasteiger partial charge in [0.25, 0.3) is 0 Å². The van der Waals surface area contributed by atoms with E-state index in [0.29, 0.717) is 12.8 Å². The fourth-order valence-corrected chi connectivity index (χ4v) is 5.02. The molecular weight excluding hydrogens is 634 g/mol. The molecule has 0 radical (unpaired) electrons. The summed E-state index contributed by atoms with van der Waals surface area (Å²) in [5, 5.41) is 0. The largest absolute Gasteiger partial charge is 0.467 e. The van der Waals surface area contributed by atoms with Gasteiger partial charge < -0.3 is 25.7 Å². The molecule has 0 rings (SSSR count). The van der Waals surface area contributed by atoms with Crippen LogP contribution >= 0.6 is 0 Å². The number of nitrogens with one attached hydrogen (secondary N) is 1. The molecule has 13 nitrogen and oxygen atoms in total. The zero-order chi connectivity index (χ0) is 39.3. The van der Waals surface area contributed by atoms with Crippen LogP contribution in [0.3, 0.4) is 0 Å². The maximum atomic E-state index is 13.0. The van der Waals surface area contributed by atoms with Gasteiger partial charge in [-0.3, -0.25) is 24.0 Å². The second kappa shape index (κ2) is 20.1. The van der Waals surface area contributed by atoms with E-state index in [1.807, 2.05) is 27.7 Å². The highest BCUT2D eigenvalue weighted by Crippen LogP contribution is 2.29. The van der Waals surface area contributed by atoms with Gasteiger partial charge in [-0.05, 0) is 78.1 Å². The van der Waals surface area contributed by atoms with Gasteiger partial charge >= 0.3 is 17.9 Å². The molecule has 13 heteroatoms. The molecule has 0 aliphatic rings. The van der Waals surface area contributed by atoms with E-state index in [-0.39, 0.29) is 24.7 Å². The number of carbonyl (C=O) groups is 6. The van der Waals surface area contributed by atoms with Crippen LogP contribution in [0.25, 0.3) is 0 Å². The van der Waals surface area contributed by atoms with Crippen molar-refractivity contribution in [3.63, 3.8) is 0 Å². The minimum Gasteiger partial charge on any atom is -0.467 e. The first-order valence-corrected chi connectivity index (χ1v) is 17.0. The van der Waals surface area contributed by atoms with E-state index in [1.54, 1.807) is 69.2 Å². The first kappa shape index (κ1) is 48.2. The minimum absolute atomic E-state index is 0.100. The molecule has 286 valence electrons. The molecule has 0 aromatic carbocycles. The maximum absolute atomic E-state index is 13.0. The van der Waals surface area contributed by atoms with Crippen LogP contribution in [0.2, 0.25) is 0 Å². The van der Waals surface area contributed by atoms with Gasteiger partial charge in [-0.25, -0.2) is 15.1 Å². The number of esters is 3. The molecule has 0 saturated carbocycles. The van der Waals surface area contributed by atoms with Gasteiger partial charge in [-0.1, -0.05) is 55.4 Å². The van der Waals surface area contributed by atoms with Crippen molar-refractivity contribution in [3.8, 4) is 0 Å². The van der Waals surface area contributed by atoms with Crippen LogP contribution in [0.4, 0.5) is 0 Å². The van der Waals surface area contributed by atoms with E-state index in [1.165, 1.54) is 14.2 Å². The van der Waals surface area contributed by atoms with Crippen LogP contribution in [0.1, 0.15) is 123 Å². The second-order valence-electron chi connectivity index (χ2n) is 16.1. The highest BCUT2D eigenvalue weighted by Gasteiger charge is 2.50. The van der Waals surface area contributed by atoms with Crippen LogP contribution in [0.5, 0.6) is 0 Å². The van der Waals surface area contributed by atoms with Crippen molar-refractivity contribution in [1.29, 1.82) is 0 Å². The summed E-state index contributed by atoms with van der Waals surface area (Å²) in [6.45, 7) is 25.2. The Labute approximate surface area is 294 Å². The monoisotopic (exact) mass is 701 g/mol. The smallest absolute Gasteiger partial charge is 0.333 e. The molecule has 0 aliphatic carbocycles. The number of amides is 1. The van der Waals surface area contributed by atoms with Crippen LogP contribution in [-0.4, -0.2) is 71.9 Å². The number of rotatable bonds is 17. The summed E-state index contributed by atoms with van der Waals surface area (Å²) in [5.41, 5.74) is 9.92. The minimum atomic E-state index is -1.78. The molecule has 0 heterocycles. The summed E-state index contributed by atoms with van der Waals surface area (Å²) in [6, 6.07) is 0. The average Bonchev–Trinajstić information content (AvgIpc) is 2.95. The van der Waals surface area contributed by atoms with Crippen molar-refractivity contribution in [1.82, 2.24) is 5.48 Å². The van der Waals surface area contributed by atoms with Gasteiger partial charge in [0, 0.05) is 18.3 Å². The molecule has 1 amide bonds. The predicted molar refractivity (Wildman–Crippen MR) is 188 cm³/mol. The Morgan fingerprint density at radius 1 is 0.592 bits per heavy atom. The van der Waals surface area contributed by atoms with Crippen LogP contribution in [0, 0.1) is 35.5 Å². The normalized spacial score (nSPS) is 15.7. The highest BCUT2D eigenvalue weighted by atomic mass is 16.7. The lowest BCUT2D eigenvalue weighted by Gasteiger charge is -2.33. The van der Waals surface area contributed by atoms with Crippen molar-refractivity contribution < 1.29 is 47.8 Å². The first-order chi connectivity index (χ1) is 22.0. The van der Waals surface area contributed by atoms with Crippen LogP contribution in [0.15, 0.2) is 0 Å². The number of ether oxygens (including phenoxy) is 3. The number of methoxy groups -OCH3 is 2. The third-order valence-electron chi connectivity index (χ3n) is 7.67. The molecular formula is C36H67N3O10. The first-order valence-electron chi connectivity index (χ1n) is 17.0. The summed E-state index contributed by atoms with van der Waals surface area (Å²) in [4.78, 5) is 79.9. The Morgan fingerprint density at radius 2 is 0.939 bits per heavy atom. The third kappa shape index (κ3) is 16.1. The number of carbonyl (C=O) groups excluding carboxylic acids is 6. The van der Waals surface area contributed by atoms with Crippen molar-refractivity contribution >= 4 is 35.4 Å². The zero-order valence-electron chi connectivity index (χ0n) is 33.0. The lowest BCUT2D eigenvalue weighted by atomic mass is 9.75. The van der Waals surface area contributed by atoms with Gasteiger partial charge in [-0.2, -0.15) is 0 Å². The number of hydrogen-bond acceptors (Lipinski definition) is 12. The van der Waals surface area contributed by atoms with Crippen molar-refractivity contribution in [2.24, 2.45) is 47.0 Å². The molecule has 0 aromatic heterocycles. The molecule has 2 unspecified atom stereocenters. The van der Waals surface area contributed by atoms with Crippen LogP contribution in [-0.2, 0) is 47.8 Å². The van der Waals surface area contributed by atoms with Gasteiger partial charge in [0.05, 0.1) is 26.2 Å². The maximum Gasteiger partial charge on any atom is 0.333 e. The van der Waals surface area contributed by atoms with Gasteiger partial charge in [0.2, 0.25) is 5.91 Å². The summed E-state index contributed by atoms with van der Waals surface area (Å²) < 4.78 is 14.8. The Balaban J connectivity index is 0. The fourth-order valence-electron chi connectivity index (χ4n) is 5.02. The molecule has 49 heavy (non-hydrogen) atoms. The quantitative estimate of drug-likeness (QED) is 0.0833. The molecule has 0 aliphatic heterocycles. The Morgan fingerprint density at radius 3 is 1.20 bits per heavy atom. The van der Waals surface area contributed by atoms with E-state index in [9.17, 15) is 28.8 Å². The molecule has 0 saturated heterocycles. The van der Waals surface area contributed by atoms with Crippen molar-refractivity contribution in [3.05, 3.63) is 0 Å². The number of nitrogens with two attached hydrogens (primary N) is 2. The third-order valence-corrected chi connectivity index (χ3v) is 7.67. The summed E-state index contributed by atoms with van der Waals surface area (Å²) in [6.07, 6.45) is 0.678. The second-order valence-corrected chi connectivity index (χ2v) is 16.1. The Bertz CT molecular complexity index is 1120. The molecule has 0 spiro atoms. The fraction of sp³-hybridized carbons (Fsp3) is 0.833. The lowest BCUT2D eigenvalue weighted by Crippen LogP contribution is -2.61. The van der Waals surface area contributed by atoms with Gasteiger partial charge in [0.1, 0.15) is 5.60 Å². The van der Waals surface area contributed by atoms with Gasteiger partial charge in [0.15, 0.2) is 22.6 Å². The number of hydroxylamine groups is 1. The van der Waals surface area contributed by atoms with E-state index in [2.05, 4.69) is 5.48 Å². The molecule has 4 atom stereocenters. The van der Waals surface area contributed by atoms with Crippen LogP contribution < -0.4 is 16.9 Å². The van der Waals surface area contributed by atoms with Gasteiger partial charge in [-0.15, -0.1) is 0 Å². The average molecular weight is 702 g/mol.